The molecule has 1 atom stereocenters. The molecule has 1 fully saturated rings. The Balaban J connectivity index is 1.32. The molecule has 7 nitrogen and oxygen atoms in total. The topological polar surface area (TPSA) is 95.6 Å². The molecule has 0 aromatic heterocycles. The number of anilines is 2. The summed E-state index contributed by atoms with van der Waals surface area (Å²) in [4.78, 5) is 54.1. The summed E-state index contributed by atoms with van der Waals surface area (Å²) in [5, 5.41) is 5.02. The van der Waals surface area contributed by atoms with Gasteiger partial charge in [-0.1, -0.05) is 54.1 Å². The molecule has 4 aromatic carbocycles. The number of hydrogen-bond donors (Lipinski definition) is 2. The maximum Gasteiger partial charge on any atom is 0.272 e. The third-order valence-electron chi connectivity index (χ3n) is 6.48. The van der Waals surface area contributed by atoms with Gasteiger partial charge in [-0.25, -0.2) is 4.90 Å². The monoisotopic (exact) mass is 687 g/mol. The fourth-order valence-electron chi connectivity index (χ4n) is 4.34. The number of halogens is 1. The smallest absolute Gasteiger partial charge is 0.272 e. The van der Waals surface area contributed by atoms with E-state index in [9.17, 15) is 19.2 Å². The summed E-state index contributed by atoms with van der Waals surface area (Å²) in [5.74, 6) is -1.43. The average molecular weight is 688 g/mol. The Kier molecular flexibility index (Phi) is 9.19. The molecule has 4 amide bonds. The number of aryl methyl sites for hydroxylation is 1. The van der Waals surface area contributed by atoms with E-state index in [-0.39, 0.29) is 23.9 Å². The number of nitrogens with zero attached hydrogens (tertiary/aromatic N) is 1. The molecule has 2 N–H and O–H groups in total. The second-order valence-corrected chi connectivity index (χ2v) is 12.1. The van der Waals surface area contributed by atoms with Gasteiger partial charge in [0.15, 0.2) is 0 Å². The van der Waals surface area contributed by atoms with Crippen LogP contribution in [-0.4, -0.2) is 28.9 Å². The Morgan fingerprint density at radius 3 is 2.33 bits per heavy atom. The fraction of sp³-hybridized carbons (Fsp3) is 0.0909. The van der Waals surface area contributed by atoms with E-state index in [1.165, 1.54) is 16.7 Å². The average Bonchev–Trinajstić information content (AvgIpc) is 3.26. The zero-order chi connectivity index (χ0) is 29.6. The molecule has 0 radical (unpaired) electrons. The van der Waals surface area contributed by atoms with Gasteiger partial charge in [0.05, 0.1) is 10.9 Å². The van der Waals surface area contributed by atoms with E-state index in [4.69, 9.17) is 0 Å². The highest BCUT2D eigenvalue weighted by atomic mass is 127. The van der Waals surface area contributed by atoms with Crippen LogP contribution in [0.4, 0.5) is 11.4 Å². The van der Waals surface area contributed by atoms with Gasteiger partial charge < -0.3 is 10.6 Å². The number of nitrogens with one attached hydrogen (secondary N) is 2. The summed E-state index contributed by atoms with van der Waals surface area (Å²) < 4.78 is 1.01. The SMILES string of the molecule is Cc1ccc(/C=C(\NC(=O)c2ccccc2)C(=O)Nc2cccc(S[C@H]3CC(=O)N(c4ccc(I)cc4)C3=O)c2)cc1. The van der Waals surface area contributed by atoms with Crippen LogP contribution < -0.4 is 15.5 Å². The van der Waals surface area contributed by atoms with Crippen molar-refractivity contribution < 1.29 is 19.2 Å². The summed E-state index contributed by atoms with van der Waals surface area (Å²) in [6, 6.07) is 30.6. The highest BCUT2D eigenvalue weighted by Crippen LogP contribution is 2.35. The third kappa shape index (κ3) is 7.15. The normalized spacial score (nSPS) is 15.0. The zero-order valence-electron chi connectivity index (χ0n) is 22.5. The van der Waals surface area contributed by atoms with Crippen molar-refractivity contribution in [3.8, 4) is 0 Å². The van der Waals surface area contributed by atoms with Crippen molar-refractivity contribution in [2.24, 2.45) is 0 Å². The number of rotatable bonds is 8. The lowest BCUT2D eigenvalue weighted by Crippen LogP contribution is -2.31. The van der Waals surface area contributed by atoms with Gasteiger partial charge in [-0.05, 0) is 95.8 Å². The molecule has 1 aliphatic heterocycles. The molecule has 210 valence electrons. The Labute approximate surface area is 261 Å². The van der Waals surface area contributed by atoms with Crippen molar-refractivity contribution >= 4 is 75.4 Å². The second-order valence-electron chi connectivity index (χ2n) is 9.63. The van der Waals surface area contributed by atoms with Crippen LogP contribution in [-0.2, 0) is 14.4 Å². The van der Waals surface area contributed by atoms with Gasteiger partial charge in [-0.15, -0.1) is 11.8 Å². The lowest BCUT2D eigenvalue weighted by Gasteiger charge is -2.15. The molecule has 0 aliphatic carbocycles. The fourth-order valence-corrected chi connectivity index (χ4v) is 5.81. The molecule has 0 spiro atoms. The van der Waals surface area contributed by atoms with Crippen molar-refractivity contribution in [1.29, 1.82) is 0 Å². The van der Waals surface area contributed by atoms with Crippen molar-refractivity contribution in [1.82, 2.24) is 5.32 Å². The Hall–Kier alpha value is -4.22. The minimum absolute atomic E-state index is 0.0792. The van der Waals surface area contributed by atoms with Crippen LogP contribution in [0, 0.1) is 10.5 Å². The number of thioether (sulfide) groups is 1. The van der Waals surface area contributed by atoms with E-state index in [2.05, 4.69) is 33.2 Å². The number of carbonyl (C=O) groups is 4. The predicted molar refractivity (Wildman–Crippen MR) is 174 cm³/mol. The van der Waals surface area contributed by atoms with E-state index in [1.807, 2.05) is 55.5 Å². The summed E-state index contributed by atoms with van der Waals surface area (Å²) in [5.41, 5.74) is 3.37. The van der Waals surface area contributed by atoms with Crippen molar-refractivity contribution in [3.05, 3.63) is 129 Å². The predicted octanol–water partition coefficient (Wildman–Crippen LogP) is 6.43. The Morgan fingerprint density at radius 1 is 0.905 bits per heavy atom. The van der Waals surface area contributed by atoms with E-state index in [0.717, 1.165) is 19.6 Å². The maximum absolute atomic E-state index is 13.4. The standard InChI is InChI=1S/C33H26IN3O4S/c1-21-10-12-22(13-11-21)18-28(36-31(39)23-6-3-2-4-7-23)32(40)35-25-8-5-9-27(19-25)42-29-20-30(38)37(33(29)41)26-16-14-24(34)15-17-26/h2-19,29H,20H2,1H3,(H,35,40)(H,36,39)/b28-18-/t29-/m0/s1. The molecule has 1 saturated heterocycles. The molecule has 0 bridgehead atoms. The quantitative estimate of drug-likeness (QED) is 0.127. The second kappa shape index (κ2) is 13.2. The van der Waals surface area contributed by atoms with Crippen molar-refractivity contribution in [2.45, 2.75) is 23.5 Å². The van der Waals surface area contributed by atoms with Gasteiger partial charge in [-0.2, -0.15) is 0 Å². The van der Waals surface area contributed by atoms with Crippen LogP contribution in [0.3, 0.4) is 0 Å². The lowest BCUT2D eigenvalue weighted by atomic mass is 10.1. The number of imide groups is 1. The first kappa shape index (κ1) is 29.3. The van der Waals surface area contributed by atoms with Crippen LogP contribution >= 0.6 is 34.4 Å². The lowest BCUT2D eigenvalue weighted by molar-refractivity contribution is -0.121. The molecule has 4 aromatic rings. The van der Waals surface area contributed by atoms with Gasteiger partial charge in [0.25, 0.3) is 11.8 Å². The zero-order valence-corrected chi connectivity index (χ0v) is 25.5. The number of benzene rings is 4. The van der Waals surface area contributed by atoms with Crippen molar-refractivity contribution in [3.63, 3.8) is 0 Å². The van der Waals surface area contributed by atoms with E-state index in [1.54, 1.807) is 60.7 Å². The highest BCUT2D eigenvalue weighted by Gasteiger charge is 2.40. The van der Waals surface area contributed by atoms with Gasteiger partial charge >= 0.3 is 0 Å². The summed E-state index contributed by atoms with van der Waals surface area (Å²) in [7, 11) is 0. The van der Waals surface area contributed by atoms with Gasteiger partial charge in [0.1, 0.15) is 5.70 Å². The largest absolute Gasteiger partial charge is 0.321 e. The molecule has 5 rings (SSSR count). The molecular formula is C33H26IN3O4S. The Morgan fingerprint density at radius 2 is 1.62 bits per heavy atom. The summed E-state index contributed by atoms with van der Waals surface area (Å²) in [6.07, 6.45) is 1.71. The van der Waals surface area contributed by atoms with Crippen LogP contribution in [0.25, 0.3) is 6.08 Å². The van der Waals surface area contributed by atoms with Crippen LogP contribution in [0.2, 0.25) is 0 Å². The summed E-state index contributed by atoms with van der Waals surface area (Å²) in [6.45, 7) is 1.97. The molecule has 0 saturated carbocycles. The van der Waals surface area contributed by atoms with Crippen LogP contribution in [0.15, 0.2) is 114 Å². The van der Waals surface area contributed by atoms with Gasteiger partial charge in [0.2, 0.25) is 11.8 Å². The molecule has 1 heterocycles. The summed E-state index contributed by atoms with van der Waals surface area (Å²) >= 11 is 3.45. The number of carbonyl (C=O) groups excluding carboxylic acids is 4. The Bertz CT molecular complexity index is 1670. The van der Waals surface area contributed by atoms with Gasteiger partial charge in [0, 0.05) is 26.1 Å². The van der Waals surface area contributed by atoms with E-state index >= 15 is 0 Å². The molecule has 42 heavy (non-hydrogen) atoms. The molecule has 0 unspecified atom stereocenters. The number of hydrogen-bond acceptors (Lipinski definition) is 5. The van der Waals surface area contributed by atoms with E-state index in [0.29, 0.717) is 16.9 Å². The minimum atomic E-state index is -0.579. The van der Waals surface area contributed by atoms with Crippen LogP contribution in [0.5, 0.6) is 0 Å². The third-order valence-corrected chi connectivity index (χ3v) is 8.38. The molecule has 9 heteroatoms. The minimum Gasteiger partial charge on any atom is -0.321 e. The van der Waals surface area contributed by atoms with Crippen molar-refractivity contribution in [2.75, 3.05) is 10.2 Å². The van der Waals surface area contributed by atoms with E-state index < -0.39 is 17.1 Å². The van der Waals surface area contributed by atoms with Crippen LogP contribution in [0.1, 0.15) is 27.9 Å². The maximum atomic E-state index is 13.4. The highest BCUT2D eigenvalue weighted by molar-refractivity contribution is 14.1. The first-order chi connectivity index (χ1) is 20.3. The first-order valence-corrected chi connectivity index (χ1v) is 15.1. The molecular weight excluding hydrogens is 661 g/mol. The first-order valence-electron chi connectivity index (χ1n) is 13.1. The molecule has 1 aliphatic rings. The van der Waals surface area contributed by atoms with Gasteiger partial charge in [-0.3, -0.25) is 19.2 Å². The number of amides is 4.